The average molecular weight is 386 g/mol. The molecule has 0 saturated heterocycles. The number of benzene rings is 1. The highest BCUT2D eigenvalue weighted by Gasteiger charge is 1.90. The summed E-state index contributed by atoms with van der Waals surface area (Å²) in [5.74, 6) is 0. The predicted octanol–water partition coefficient (Wildman–Crippen LogP) is 7.06. The summed E-state index contributed by atoms with van der Waals surface area (Å²) in [7, 11) is 0. The van der Waals surface area contributed by atoms with Crippen molar-refractivity contribution in [2.24, 2.45) is 0 Å². The van der Waals surface area contributed by atoms with Gasteiger partial charge < -0.3 is 0 Å². The maximum absolute atomic E-state index is 3.38. The van der Waals surface area contributed by atoms with Gasteiger partial charge >= 0.3 is 0 Å². The van der Waals surface area contributed by atoms with Gasteiger partial charge in [-0.1, -0.05) is 67.8 Å². The third-order valence-corrected chi connectivity index (χ3v) is 3.63. The first-order valence-corrected chi connectivity index (χ1v) is 8.60. The number of hydrogen-bond acceptors (Lipinski definition) is 0. The van der Waals surface area contributed by atoms with Crippen LogP contribution in [0.2, 0.25) is 0 Å². The van der Waals surface area contributed by atoms with Crippen LogP contribution in [-0.4, -0.2) is 0 Å². The molecule has 0 aromatic heterocycles. The third kappa shape index (κ3) is 10.1. The van der Waals surface area contributed by atoms with Crippen molar-refractivity contribution in [2.75, 3.05) is 0 Å². The van der Waals surface area contributed by atoms with Gasteiger partial charge in [0.2, 0.25) is 0 Å². The van der Waals surface area contributed by atoms with E-state index in [2.05, 4.69) is 80.4 Å². The molecule has 104 valence electrons. The first-order valence-electron chi connectivity index (χ1n) is 7.02. The summed E-state index contributed by atoms with van der Waals surface area (Å²) in [6, 6.07) is 10.5. The van der Waals surface area contributed by atoms with E-state index in [1.54, 1.807) is 0 Å². The van der Waals surface area contributed by atoms with Gasteiger partial charge in [-0.05, 0) is 63.1 Å². The van der Waals surface area contributed by atoms with Crippen molar-refractivity contribution in [3.05, 3.63) is 51.4 Å². The molecular formula is C17H22Br2. The Bertz CT molecular complexity index is 376. The molecule has 0 aliphatic heterocycles. The number of halogens is 2. The van der Waals surface area contributed by atoms with E-state index in [9.17, 15) is 0 Å². The minimum absolute atomic E-state index is 1.08. The molecule has 0 heterocycles. The normalized spacial score (nSPS) is 10.8. The molecule has 0 unspecified atom stereocenters. The van der Waals surface area contributed by atoms with Gasteiger partial charge in [-0.3, -0.25) is 0 Å². The largest absolute Gasteiger partial charge is 0.0839 e. The van der Waals surface area contributed by atoms with E-state index in [0.29, 0.717) is 0 Å². The number of hydrogen-bond donors (Lipinski definition) is 0. The maximum atomic E-state index is 3.38. The standard InChI is InChI=1S/C17H22Br2/c18-17(19)15-11-6-4-2-1-3-5-8-12-16-13-9-7-10-14-16/h7-10,12-15H,1-6,11H2/b12-8+. The number of rotatable bonds is 9. The average Bonchev–Trinajstić information content (AvgIpc) is 2.42. The fourth-order valence-corrected chi connectivity index (χ4v) is 2.39. The van der Waals surface area contributed by atoms with E-state index in [4.69, 9.17) is 0 Å². The van der Waals surface area contributed by atoms with E-state index >= 15 is 0 Å². The number of unbranched alkanes of at least 4 members (excludes halogenated alkanes) is 6. The Kier molecular flexibility index (Phi) is 10.1. The van der Waals surface area contributed by atoms with Crippen molar-refractivity contribution < 1.29 is 0 Å². The Labute approximate surface area is 134 Å². The summed E-state index contributed by atoms with van der Waals surface area (Å²) < 4.78 is 1.08. The van der Waals surface area contributed by atoms with Gasteiger partial charge in [0.05, 0.1) is 3.39 Å². The Morgan fingerprint density at radius 2 is 1.47 bits per heavy atom. The molecule has 1 rings (SSSR count). The van der Waals surface area contributed by atoms with Crippen molar-refractivity contribution in [1.29, 1.82) is 0 Å². The summed E-state index contributed by atoms with van der Waals surface area (Å²) in [5, 5.41) is 0. The lowest BCUT2D eigenvalue weighted by atomic mass is 10.1. The molecule has 0 fully saturated rings. The molecule has 19 heavy (non-hydrogen) atoms. The topological polar surface area (TPSA) is 0 Å². The van der Waals surface area contributed by atoms with E-state index in [0.717, 1.165) is 3.39 Å². The van der Waals surface area contributed by atoms with Gasteiger partial charge in [-0.2, -0.15) is 0 Å². The van der Waals surface area contributed by atoms with Crippen molar-refractivity contribution in [1.82, 2.24) is 0 Å². The minimum Gasteiger partial charge on any atom is -0.0839 e. The molecule has 0 bridgehead atoms. The second-order valence-corrected chi connectivity index (χ2v) is 7.42. The quantitative estimate of drug-likeness (QED) is 0.399. The lowest BCUT2D eigenvalue weighted by molar-refractivity contribution is 0.622. The van der Waals surface area contributed by atoms with Crippen LogP contribution in [0.4, 0.5) is 0 Å². The first kappa shape index (κ1) is 16.7. The van der Waals surface area contributed by atoms with Crippen molar-refractivity contribution in [3.8, 4) is 0 Å². The highest BCUT2D eigenvalue weighted by molar-refractivity contribution is 9.28. The van der Waals surface area contributed by atoms with E-state index in [1.807, 2.05) is 0 Å². The Morgan fingerprint density at radius 1 is 0.842 bits per heavy atom. The van der Waals surface area contributed by atoms with Crippen molar-refractivity contribution >= 4 is 37.9 Å². The molecule has 0 saturated carbocycles. The fraction of sp³-hybridized carbons (Fsp3) is 0.412. The van der Waals surface area contributed by atoms with Crippen LogP contribution in [-0.2, 0) is 0 Å². The SMILES string of the molecule is BrC(Br)=CCCCCCCC/C=C/c1ccccc1. The molecule has 0 nitrogen and oxygen atoms in total. The molecule has 1 aromatic carbocycles. The van der Waals surface area contributed by atoms with Crippen LogP contribution in [0, 0.1) is 0 Å². The van der Waals surface area contributed by atoms with E-state index < -0.39 is 0 Å². The Balaban J connectivity index is 1.94. The monoisotopic (exact) mass is 384 g/mol. The molecule has 0 spiro atoms. The van der Waals surface area contributed by atoms with Crippen LogP contribution in [0.25, 0.3) is 6.08 Å². The molecule has 2 heteroatoms. The molecule has 1 aromatic rings. The summed E-state index contributed by atoms with van der Waals surface area (Å²) in [6.45, 7) is 0. The van der Waals surface area contributed by atoms with Crippen LogP contribution in [0.5, 0.6) is 0 Å². The third-order valence-electron chi connectivity index (χ3n) is 2.98. The van der Waals surface area contributed by atoms with E-state index in [1.165, 1.54) is 50.5 Å². The van der Waals surface area contributed by atoms with E-state index in [-0.39, 0.29) is 0 Å². The van der Waals surface area contributed by atoms with Crippen LogP contribution < -0.4 is 0 Å². The molecule has 0 radical (unpaired) electrons. The van der Waals surface area contributed by atoms with Crippen LogP contribution in [0.3, 0.4) is 0 Å². The molecule has 0 N–H and O–H groups in total. The molecule has 0 aliphatic carbocycles. The second-order valence-electron chi connectivity index (χ2n) is 4.65. The van der Waals surface area contributed by atoms with Crippen molar-refractivity contribution in [3.63, 3.8) is 0 Å². The van der Waals surface area contributed by atoms with Gasteiger partial charge in [-0.15, -0.1) is 0 Å². The highest BCUT2D eigenvalue weighted by atomic mass is 79.9. The zero-order valence-corrected chi connectivity index (χ0v) is 14.5. The predicted molar refractivity (Wildman–Crippen MR) is 93.7 cm³/mol. The molecule has 0 atom stereocenters. The van der Waals surface area contributed by atoms with Crippen LogP contribution in [0.15, 0.2) is 45.9 Å². The maximum Gasteiger partial charge on any atom is 0.0564 e. The summed E-state index contributed by atoms with van der Waals surface area (Å²) >= 11 is 6.75. The summed E-state index contributed by atoms with van der Waals surface area (Å²) in [5.41, 5.74) is 1.30. The van der Waals surface area contributed by atoms with Gasteiger partial charge in [0.15, 0.2) is 0 Å². The zero-order valence-electron chi connectivity index (χ0n) is 11.3. The van der Waals surface area contributed by atoms with Crippen LogP contribution >= 0.6 is 31.9 Å². The highest BCUT2D eigenvalue weighted by Crippen LogP contribution is 2.16. The van der Waals surface area contributed by atoms with Gasteiger partial charge in [0.1, 0.15) is 0 Å². The van der Waals surface area contributed by atoms with Crippen LogP contribution in [0.1, 0.15) is 50.5 Å². The lowest BCUT2D eigenvalue weighted by Crippen LogP contribution is -1.78. The first-order chi connectivity index (χ1) is 9.29. The van der Waals surface area contributed by atoms with Gasteiger partial charge in [0, 0.05) is 0 Å². The van der Waals surface area contributed by atoms with Gasteiger partial charge in [0.25, 0.3) is 0 Å². The Hall–Kier alpha value is -0.340. The van der Waals surface area contributed by atoms with Crippen molar-refractivity contribution in [2.45, 2.75) is 44.9 Å². The molecule has 0 aliphatic rings. The summed E-state index contributed by atoms with van der Waals surface area (Å²) in [4.78, 5) is 0. The summed E-state index contributed by atoms with van der Waals surface area (Å²) in [6.07, 6.45) is 15.7. The Morgan fingerprint density at radius 3 is 2.16 bits per heavy atom. The lowest BCUT2D eigenvalue weighted by Gasteiger charge is -1.98. The molecule has 0 amide bonds. The fourth-order valence-electron chi connectivity index (χ4n) is 1.93. The van der Waals surface area contributed by atoms with Gasteiger partial charge in [-0.25, -0.2) is 0 Å². The number of allylic oxidation sites excluding steroid dienone is 2. The minimum atomic E-state index is 1.08. The molecular weight excluding hydrogens is 364 g/mol. The second kappa shape index (κ2) is 11.5. The zero-order chi connectivity index (χ0) is 13.8. The smallest absolute Gasteiger partial charge is 0.0564 e.